The zero-order valence-electron chi connectivity index (χ0n) is 14.9. The van der Waals surface area contributed by atoms with E-state index in [4.69, 9.17) is 4.74 Å². The van der Waals surface area contributed by atoms with Crippen LogP contribution in [0.25, 0.3) is 0 Å². The van der Waals surface area contributed by atoms with Crippen molar-refractivity contribution in [3.63, 3.8) is 0 Å². The lowest BCUT2D eigenvalue weighted by Crippen LogP contribution is -2.34. The molecule has 1 atom stereocenters. The van der Waals surface area contributed by atoms with Crippen LogP contribution in [0.1, 0.15) is 21.3 Å². The molecule has 1 heterocycles. The summed E-state index contributed by atoms with van der Waals surface area (Å²) < 4.78 is 5.75. The Bertz CT molecular complexity index is 815. The summed E-state index contributed by atoms with van der Waals surface area (Å²) in [4.78, 5) is 15.8. The molecule has 5 heteroatoms. The van der Waals surface area contributed by atoms with Crippen molar-refractivity contribution in [1.82, 2.24) is 10.2 Å². The lowest BCUT2D eigenvalue weighted by atomic mass is 10.2. The molecule has 3 rings (SSSR count). The van der Waals surface area contributed by atoms with E-state index in [2.05, 4.69) is 21.7 Å². The molecule has 0 saturated carbocycles. The molecular formula is C21H22N2O2S. The summed E-state index contributed by atoms with van der Waals surface area (Å²) in [5.74, 6) is 1.40. The molecule has 0 aliphatic carbocycles. The summed E-state index contributed by atoms with van der Waals surface area (Å²) in [5.41, 5.74) is 0.620. The number of benzene rings is 2. The van der Waals surface area contributed by atoms with E-state index in [0.717, 1.165) is 5.75 Å². The van der Waals surface area contributed by atoms with Gasteiger partial charge in [-0.1, -0.05) is 24.3 Å². The SMILES string of the molecule is CN(C)C(CNC(=O)c1ccc(Oc2ccccc2)cc1)c1cccs1. The number of hydrogen-bond acceptors (Lipinski definition) is 4. The molecule has 1 unspecified atom stereocenters. The third-order valence-electron chi connectivity index (χ3n) is 4.05. The summed E-state index contributed by atoms with van der Waals surface area (Å²) in [6, 6.07) is 21.1. The van der Waals surface area contributed by atoms with Crippen LogP contribution in [0.3, 0.4) is 0 Å². The van der Waals surface area contributed by atoms with Gasteiger partial charge in [0.1, 0.15) is 11.5 Å². The average molecular weight is 366 g/mol. The van der Waals surface area contributed by atoms with Crippen LogP contribution in [0.5, 0.6) is 11.5 Å². The Kier molecular flexibility index (Phi) is 6.04. The van der Waals surface area contributed by atoms with Crippen LogP contribution < -0.4 is 10.1 Å². The summed E-state index contributed by atoms with van der Waals surface area (Å²) in [5, 5.41) is 5.08. The first-order chi connectivity index (χ1) is 12.6. The molecule has 4 nitrogen and oxygen atoms in total. The molecule has 26 heavy (non-hydrogen) atoms. The Labute approximate surface area is 158 Å². The molecule has 1 N–H and O–H groups in total. The second-order valence-electron chi connectivity index (χ2n) is 6.14. The van der Waals surface area contributed by atoms with Gasteiger partial charge < -0.3 is 15.0 Å². The minimum Gasteiger partial charge on any atom is -0.457 e. The Hall–Kier alpha value is -2.63. The van der Waals surface area contributed by atoms with Gasteiger partial charge in [0, 0.05) is 17.0 Å². The highest BCUT2D eigenvalue weighted by atomic mass is 32.1. The van der Waals surface area contributed by atoms with Gasteiger partial charge in [-0.05, 0) is 61.9 Å². The predicted molar refractivity (Wildman–Crippen MR) is 106 cm³/mol. The normalized spacial score (nSPS) is 12.0. The number of nitrogens with zero attached hydrogens (tertiary/aromatic N) is 1. The molecule has 3 aromatic rings. The third-order valence-corrected chi connectivity index (χ3v) is 5.02. The predicted octanol–water partition coefficient (Wildman–Crippen LogP) is 4.57. The number of carbonyl (C=O) groups is 1. The molecule has 134 valence electrons. The standard InChI is InChI=1S/C21H22N2O2S/c1-23(2)19(20-9-6-14-26-20)15-22-21(24)16-10-12-18(13-11-16)25-17-7-4-3-5-8-17/h3-14,19H,15H2,1-2H3,(H,22,24). The maximum absolute atomic E-state index is 12.4. The lowest BCUT2D eigenvalue weighted by molar-refractivity contribution is 0.0942. The topological polar surface area (TPSA) is 41.6 Å². The van der Waals surface area contributed by atoms with Gasteiger partial charge in [-0.2, -0.15) is 0 Å². The van der Waals surface area contributed by atoms with Crippen molar-refractivity contribution in [3.05, 3.63) is 82.6 Å². The van der Waals surface area contributed by atoms with E-state index in [9.17, 15) is 4.79 Å². The van der Waals surface area contributed by atoms with Gasteiger partial charge in [0.25, 0.3) is 5.91 Å². The summed E-state index contributed by atoms with van der Waals surface area (Å²) >= 11 is 1.70. The van der Waals surface area contributed by atoms with Crippen molar-refractivity contribution in [3.8, 4) is 11.5 Å². The van der Waals surface area contributed by atoms with E-state index >= 15 is 0 Å². The average Bonchev–Trinajstić information content (AvgIpc) is 3.17. The first-order valence-corrected chi connectivity index (χ1v) is 9.32. The van der Waals surface area contributed by atoms with Crippen molar-refractivity contribution in [2.75, 3.05) is 20.6 Å². The van der Waals surface area contributed by atoms with Crippen LogP contribution in [0.4, 0.5) is 0 Å². The van der Waals surface area contributed by atoms with Crippen LogP contribution in [0.2, 0.25) is 0 Å². The van der Waals surface area contributed by atoms with E-state index in [-0.39, 0.29) is 11.9 Å². The Morgan fingerprint density at radius 1 is 1.00 bits per heavy atom. The molecule has 0 radical (unpaired) electrons. The van der Waals surface area contributed by atoms with Crippen molar-refractivity contribution in [2.24, 2.45) is 0 Å². The second-order valence-corrected chi connectivity index (χ2v) is 7.12. The number of para-hydroxylation sites is 1. The third kappa shape index (κ3) is 4.71. The Morgan fingerprint density at radius 2 is 1.69 bits per heavy atom. The molecule has 0 aliphatic heterocycles. The molecule has 0 bridgehead atoms. The molecule has 0 aliphatic rings. The molecule has 0 saturated heterocycles. The first-order valence-electron chi connectivity index (χ1n) is 8.44. The van der Waals surface area contributed by atoms with Gasteiger partial charge >= 0.3 is 0 Å². The number of amides is 1. The minimum atomic E-state index is -0.0836. The number of carbonyl (C=O) groups excluding carboxylic acids is 1. The summed E-state index contributed by atoms with van der Waals surface area (Å²) in [7, 11) is 4.04. The van der Waals surface area contributed by atoms with E-state index in [1.807, 2.05) is 62.6 Å². The van der Waals surface area contributed by atoms with E-state index in [0.29, 0.717) is 17.9 Å². The number of ether oxygens (including phenoxy) is 1. The Balaban J connectivity index is 1.59. The minimum absolute atomic E-state index is 0.0836. The van der Waals surface area contributed by atoms with Crippen LogP contribution >= 0.6 is 11.3 Å². The van der Waals surface area contributed by atoms with E-state index in [1.165, 1.54) is 4.88 Å². The first kappa shape index (κ1) is 18.2. The second kappa shape index (κ2) is 8.65. The van der Waals surface area contributed by atoms with Gasteiger partial charge in [-0.15, -0.1) is 11.3 Å². The highest BCUT2D eigenvalue weighted by Crippen LogP contribution is 2.23. The fourth-order valence-electron chi connectivity index (χ4n) is 2.61. The van der Waals surface area contributed by atoms with E-state index in [1.54, 1.807) is 23.5 Å². The zero-order valence-corrected chi connectivity index (χ0v) is 15.7. The highest BCUT2D eigenvalue weighted by molar-refractivity contribution is 7.10. The molecule has 2 aromatic carbocycles. The number of rotatable bonds is 7. The summed E-state index contributed by atoms with van der Waals surface area (Å²) in [6.07, 6.45) is 0. The smallest absolute Gasteiger partial charge is 0.251 e. The molecule has 0 spiro atoms. The molecule has 0 fully saturated rings. The molecule has 1 amide bonds. The van der Waals surface area contributed by atoms with Crippen molar-refractivity contribution in [1.29, 1.82) is 0 Å². The number of thiophene rings is 1. The largest absolute Gasteiger partial charge is 0.457 e. The molecular weight excluding hydrogens is 344 g/mol. The van der Waals surface area contributed by atoms with Gasteiger partial charge in [0.2, 0.25) is 0 Å². The quantitative estimate of drug-likeness (QED) is 0.666. The van der Waals surface area contributed by atoms with Crippen LogP contribution in [0, 0.1) is 0 Å². The Morgan fingerprint density at radius 3 is 2.31 bits per heavy atom. The number of nitrogens with one attached hydrogen (secondary N) is 1. The maximum atomic E-state index is 12.4. The number of hydrogen-bond donors (Lipinski definition) is 1. The van der Waals surface area contributed by atoms with Crippen LogP contribution in [-0.2, 0) is 0 Å². The molecule has 1 aromatic heterocycles. The van der Waals surface area contributed by atoms with Gasteiger partial charge in [0.15, 0.2) is 0 Å². The van der Waals surface area contributed by atoms with Gasteiger partial charge in [-0.25, -0.2) is 0 Å². The van der Waals surface area contributed by atoms with Gasteiger partial charge in [0.05, 0.1) is 6.04 Å². The zero-order chi connectivity index (χ0) is 18.4. The monoisotopic (exact) mass is 366 g/mol. The lowest BCUT2D eigenvalue weighted by Gasteiger charge is -2.23. The fraction of sp³-hybridized carbons (Fsp3) is 0.190. The maximum Gasteiger partial charge on any atom is 0.251 e. The highest BCUT2D eigenvalue weighted by Gasteiger charge is 2.16. The van der Waals surface area contributed by atoms with Crippen molar-refractivity contribution < 1.29 is 9.53 Å². The fourth-order valence-corrected chi connectivity index (χ4v) is 3.53. The number of likely N-dealkylation sites (N-methyl/N-ethyl adjacent to an activating group) is 1. The van der Waals surface area contributed by atoms with Crippen molar-refractivity contribution >= 4 is 17.2 Å². The van der Waals surface area contributed by atoms with Gasteiger partial charge in [-0.3, -0.25) is 4.79 Å². The van der Waals surface area contributed by atoms with Crippen LogP contribution in [0.15, 0.2) is 72.1 Å². The van der Waals surface area contributed by atoms with Crippen LogP contribution in [-0.4, -0.2) is 31.4 Å². The van der Waals surface area contributed by atoms with E-state index < -0.39 is 0 Å². The van der Waals surface area contributed by atoms with Crippen molar-refractivity contribution in [2.45, 2.75) is 6.04 Å². The summed E-state index contributed by atoms with van der Waals surface area (Å²) in [6.45, 7) is 0.564.